The number of primary amides is 1. The molecule has 6 atom stereocenters. The SMILES string of the molecule is COC(=O)N[C@H](C(=O)N[C@@H](Cc1ccc(C#Cc2cnc(N3CC4CCC(C3)N4C3CCC3)nc2)cc1)[C@@H](O)CNCc1c(F)cc(-c2ccn(C(F)F)n2)cc1F)C(C)(C)C(F)(F)F.COC(=O)N[C@H](C(N)=O)C(C)(C)C. The molecule has 18 nitrogen and oxygen atoms in total. The molecule has 3 fully saturated rings. The summed E-state index contributed by atoms with van der Waals surface area (Å²) in [4.78, 5) is 61.7. The highest BCUT2D eigenvalue weighted by molar-refractivity contribution is 5.87. The number of amides is 4. The number of benzene rings is 2. The van der Waals surface area contributed by atoms with Crippen LogP contribution >= 0.6 is 0 Å². The Balaban J connectivity index is 0.000000669. The van der Waals surface area contributed by atoms with Gasteiger partial charge in [-0.3, -0.25) is 14.5 Å². The third kappa shape index (κ3) is 15.2. The van der Waals surface area contributed by atoms with Crippen LogP contribution in [0.5, 0.6) is 0 Å². The Bertz CT molecular complexity index is 2740. The lowest BCUT2D eigenvalue weighted by atomic mass is 9.82. The minimum atomic E-state index is -4.98. The largest absolute Gasteiger partial charge is 0.453 e. The summed E-state index contributed by atoms with van der Waals surface area (Å²) in [5.74, 6) is 2.83. The van der Waals surface area contributed by atoms with Gasteiger partial charge in [-0.1, -0.05) is 51.2 Å². The van der Waals surface area contributed by atoms with E-state index in [4.69, 9.17) is 5.73 Å². The van der Waals surface area contributed by atoms with Gasteiger partial charge in [-0.15, -0.1) is 0 Å². The van der Waals surface area contributed by atoms with Gasteiger partial charge in [0.2, 0.25) is 17.8 Å². The van der Waals surface area contributed by atoms with Crippen molar-refractivity contribution in [2.45, 2.75) is 135 Å². The summed E-state index contributed by atoms with van der Waals surface area (Å²) < 4.78 is 108. The lowest BCUT2D eigenvalue weighted by Gasteiger charge is -2.48. The topological polar surface area (TPSA) is 231 Å². The van der Waals surface area contributed by atoms with Gasteiger partial charge in [-0.2, -0.15) is 27.1 Å². The number of alkyl halides is 5. The molecule has 2 unspecified atom stereocenters. The Morgan fingerprint density at radius 1 is 0.808 bits per heavy atom. The van der Waals surface area contributed by atoms with Crippen LogP contribution in [0.15, 0.2) is 61.1 Å². The van der Waals surface area contributed by atoms with E-state index >= 15 is 8.78 Å². The van der Waals surface area contributed by atoms with Crippen LogP contribution in [-0.2, 0) is 32.0 Å². The van der Waals surface area contributed by atoms with E-state index in [2.05, 4.69) is 62.1 Å². The first-order valence-corrected chi connectivity index (χ1v) is 25.2. The molecule has 1 saturated carbocycles. The van der Waals surface area contributed by atoms with E-state index in [0.29, 0.717) is 45.4 Å². The molecule has 78 heavy (non-hydrogen) atoms. The van der Waals surface area contributed by atoms with E-state index in [9.17, 15) is 46.2 Å². The first-order chi connectivity index (χ1) is 36.7. The van der Waals surface area contributed by atoms with Crippen LogP contribution in [0.25, 0.3) is 11.3 Å². The van der Waals surface area contributed by atoms with Crippen molar-refractivity contribution in [2.24, 2.45) is 16.6 Å². The summed E-state index contributed by atoms with van der Waals surface area (Å²) in [5.41, 5.74) is 2.94. The minimum absolute atomic E-state index is 0.0977. The van der Waals surface area contributed by atoms with Gasteiger partial charge in [0.1, 0.15) is 23.7 Å². The first kappa shape index (κ1) is 60.2. The van der Waals surface area contributed by atoms with Gasteiger partial charge in [0, 0.05) is 79.6 Å². The summed E-state index contributed by atoms with van der Waals surface area (Å²) in [5, 5.41) is 24.4. The fraction of sp³-hybridized carbons (Fsp3) is 0.528. The van der Waals surface area contributed by atoms with Crippen molar-refractivity contribution in [3.63, 3.8) is 0 Å². The quantitative estimate of drug-likeness (QED) is 0.0501. The number of halogens is 7. The van der Waals surface area contributed by atoms with E-state index in [1.54, 1.807) is 57.4 Å². The molecule has 424 valence electrons. The van der Waals surface area contributed by atoms with Crippen molar-refractivity contribution in [1.29, 1.82) is 0 Å². The number of nitrogens with two attached hydrogens (primary N) is 1. The molecule has 25 heteroatoms. The van der Waals surface area contributed by atoms with Gasteiger partial charge in [0.05, 0.1) is 43.0 Å². The maximum absolute atomic E-state index is 15.1. The molecule has 2 saturated heterocycles. The molecule has 7 N–H and O–H groups in total. The molecule has 2 aromatic heterocycles. The molecule has 4 heterocycles. The number of aliphatic hydroxyl groups is 1. The summed E-state index contributed by atoms with van der Waals surface area (Å²) in [7, 11) is 2.15. The molecule has 4 aromatic rings. The lowest BCUT2D eigenvalue weighted by molar-refractivity contribution is -0.220. The second kappa shape index (κ2) is 25.6. The van der Waals surface area contributed by atoms with Crippen LogP contribution in [0, 0.1) is 34.3 Å². The van der Waals surface area contributed by atoms with Crippen LogP contribution in [0.4, 0.5) is 46.3 Å². The van der Waals surface area contributed by atoms with Gasteiger partial charge < -0.3 is 46.5 Å². The van der Waals surface area contributed by atoms with Crippen molar-refractivity contribution in [3.8, 4) is 23.1 Å². The molecule has 0 radical (unpaired) electrons. The molecule has 4 amide bonds. The minimum Gasteiger partial charge on any atom is -0.453 e. The Labute approximate surface area is 447 Å². The molecule has 0 spiro atoms. The number of nitrogens with zero attached hydrogens (tertiary/aromatic N) is 6. The molecule has 1 aliphatic carbocycles. The molecule has 2 aromatic carbocycles. The average Bonchev–Trinajstić information content (AvgIpc) is 3.99. The maximum atomic E-state index is 15.1. The van der Waals surface area contributed by atoms with Crippen LogP contribution in [0.2, 0.25) is 0 Å². The highest BCUT2D eigenvalue weighted by atomic mass is 19.4. The zero-order valence-electron chi connectivity index (χ0n) is 44.3. The third-order valence-corrected chi connectivity index (χ3v) is 14.2. The Morgan fingerprint density at radius 3 is 1.86 bits per heavy atom. The van der Waals surface area contributed by atoms with Gasteiger partial charge in [0.25, 0.3) is 0 Å². The van der Waals surface area contributed by atoms with Crippen LogP contribution in [-0.4, -0.2) is 136 Å². The Hall–Kier alpha value is -7.04. The van der Waals surface area contributed by atoms with Gasteiger partial charge in [0.15, 0.2) is 0 Å². The molecule has 7 rings (SSSR count). The van der Waals surface area contributed by atoms with Crippen molar-refractivity contribution >= 4 is 29.9 Å². The molecule has 3 aliphatic rings. The monoisotopic (exact) mass is 1100 g/mol. The average molecular weight is 1100 g/mol. The predicted octanol–water partition coefficient (Wildman–Crippen LogP) is 6.35. The maximum Gasteiger partial charge on any atom is 0.407 e. The number of methoxy groups -OCH3 is 2. The van der Waals surface area contributed by atoms with Crippen LogP contribution in [0.1, 0.15) is 95.5 Å². The fourth-order valence-electron chi connectivity index (χ4n) is 9.41. The number of anilines is 1. The standard InChI is InChI=1S/C45H50F7N9O4.C8H16N2O3/c1-44(2,45(50,51)52)39(57-43(64)65-3)40(63)56-37(38(62)23-53-22-33-34(46)18-29(19-35(33)47)36-15-16-60(58-36)41(48)49)17-27-10-7-26(8-11-27)9-12-28-20-54-42(55-21-28)59-24-31-13-14-32(25-59)61(31)30-5-4-6-30;1-8(2,3)5(6(9)11)10-7(12)13-4/h7-8,10-11,15-16,18-21,30-32,37-39,41,53,62H,4-6,13-14,17,22-25H2,1-3H3,(H,56,63)(H,57,64);5H,1-4H3,(H2,9,11)(H,10,12)/t31?,32?,37-,38-,39+;5-/m01/s1. The van der Waals surface area contributed by atoms with E-state index < -0.39 is 102 Å². The second-order valence-corrected chi connectivity index (χ2v) is 21.1. The number of nitrogens with one attached hydrogen (secondary N) is 4. The zero-order chi connectivity index (χ0) is 57.3. The highest BCUT2D eigenvalue weighted by Crippen LogP contribution is 2.41. The summed E-state index contributed by atoms with van der Waals surface area (Å²) >= 11 is 0. The van der Waals surface area contributed by atoms with Crippen LogP contribution in [0.3, 0.4) is 0 Å². The van der Waals surface area contributed by atoms with E-state index in [0.717, 1.165) is 52.4 Å². The summed E-state index contributed by atoms with van der Waals surface area (Å²) in [6.07, 6.45) is 1.92. The van der Waals surface area contributed by atoms with E-state index in [-0.39, 0.29) is 17.7 Å². The van der Waals surface area contributed by atoms with Crippen molar-refractivity contribution in [1.82, 2.24) is 45.9 Å². The Kier molecular flexibility index (Phi) is 19.8. The summed E-state index contributed by atoms with van der Waals surface area (Å²) in [6, 6.07) is 7.17. The molecular formula is C53H66F7N11O7. The first-order valence-electron chi connectivity index (χ1n) is 25.2. The number of piperazine rings is 1. The second-order valence-electron chi connectivity index (χ2n) is 21.1. The Morgan fingerprint density at radius 2 is 1.37 bits per heavy atom. The number of fused-ring (bicyclic) bond motifs is 2. The normalized spacial score (nSPS) is 18.2. The number of hydrogen-bond donors (Lipinski definition) is 6. The number of rotatable bonds is 17. The van der Waals surface area contributed by atoms with E-state index in [1.165, 1.54) is 45.3 Å². The number of ether oxygens (including phenoxy) is 2. The van der Waals surface area contributed by atoms with Crippen molar-refractivity contribution < 1.29 is 64.5 Å². The summed E-state index contributed by atoms with van der Waals surface area (Å²) in [6.45, 7) is 4.78. The molecule has 2 bridgehead atoms. The number of hydrogen-bond acceptors (Lipinski definition) is 13. The van der Waals surface area contributed by atoms with Crippen molar-refractivity contribution in [2.75, 3.05) is 38.8 Å². The predicted molar refractivity (Wildman–Crippen MR) is 272 cm³/mol. The molecular weight excluding hydrogens is 1040 g/mol. The molecule has 2 aliphatic heterocycles. The number of carbonyl (C=O) groups excluding carboxylic acids is 4. The lowest BCUT2D eigenvalue weighted by Crippen LogP contribution is -2.62. The third-order valence-electron chi connectivity index (χ3n) is 14.2. The number of alkyl carbamates (subject to hydrolysis) is 2. The van der Waals surface area contributed by atoms with Gasteiger partial charge in [-0.05, 0) is 87.3 Å². The van der Waals surface area contributed by atoms with Gasteiger partial charge in [-0.25, -0.2) is 33.0 Å². The number of aromatic nitrogens is 4. The highest BCUT2D eigenvalue weighted by Gasteiger charge is 2.56. The van der Waals surface area contributed by atoms with Crippen molar-refractivity contribution in [3.05, 3.63) is 94.9 Å². The number of carbonyl (C=O) groups is 4. The van der Waals surface area contributed by atoms with Crippen LogP contribution < -0.4 is 31.9 Å². The van der Waals surface area contributed by atoms with Gasteiger partial charge >= 0.3 is 24.9 Å². The fourth-order valence-corrected chi connectivity index (χ4v) is 9.41. The number of aliphatic hydroxyl groups excluding tert-OH is 1. The zero-order valence-corrected chi connectivity index (χ0v) is 44.3. The smallest absolute Gasteiger partial charge is 0.407 e. The van der Waals surface area contributed by atoms with E-state index in [1.807, 2.05) is 5.32 Å².